The molecule has 0 saturated carbocycles. The number of nitrogens with one attached hydrogen (secondary N) is 3. The van der Waals surface area contributed by atoms with Gasteiger partial charge in [-0.1, -0.05) is 19.1 Å². The second-order valence-corrected chi connectivity index (χ2v) is 6.43. The lowest BCUT2D eigenvalue weighted by molar-refractivity contribution is -0.122. The normalized spacial score (nSPS) is 19.2. The lowest BCUT2D eigenvalue weighted by atomic mass is 9.95. The molecule has 146 valence electrons. The molecule has 1 aromatic carbocycles. The number of carbonyl (C=O) groups excluding carboxylic acids is 2. The first-order valence-corrected chi connectivity index (χ1v) is 9.12. The SMILES string of the molecule is CCOc1ccccc1C(=O)NCCCC(=O)NC1CNCCC1C.Cl. The van der Waals surface area contributed by atoms with Crippen molar-refractivity contribution in [3.8, 4) is 5.75 Å². The Labute approximate surface area is 161 Å². The molecule has 0 bridgehead atoms. The number of halogens is 1. The van der Waals surface area contributed by atoms with Crippen LogP contribution in [0.25, 0.3) is 0 Å². The predicted molar refractivity (Wildman–Crippen MR) is 105 cm³/mol. The molecule has 3 N–H and O–H groups in total. The molecule has 2 amide bonds. The van der Waals surface area contributed by atoms with Gasteiger partial charge in [0.05, 0.1) is 12.2 Å². The van der Waals surface area contributed by atoms with E-state index >= 15 is 0 Å². The van der Waals surface area contributed by atoms with Crippen LogP contribution in [0.15, 0.2) is 24.3 Å². The molecule has 1 aromatic rings. The Kier molecular flexibility index (Phi) is 10.1. The van der Waals surface area contributed by atoms with Crippen LogP contribution in [0.3, 0.4) is 0 Å². The fraction of sp³-hybridized carbons (Fsp3) is 0.579. The van der Waals surface area contributed by atoms with Gasteiger partial charge in [0.1, 0.15) is 5.75 Å². The standard InChI is InChI=1S/C19H29N3O3.ClH/c1-3-25-17-8-5-4-7-15(17)19(24)21-11-6-9-18(23)22-16-13-20-12-10-14(16)2;/h4-5,7-8,14,16,20H,3,6,9-13H2,1-2H3,(H,21,24)(H,22,23);1H. The monoisotopic (exact) mass is 383 g/mol. The summed E-state index contributed by atoms with van der Waals surface area (Å²) in [4.78, 5) is 24.3. The van der Waals surface area contributed by atoms with Crippen LogP contribution >= 0.6 is 12.4 Å². The van der Waals surface area contributed by atoms with E-state index in [4.69, 9.17) is 4.74 Å². The van der Waals surface area contributed by atoms with Crippen molar-refractivity contribution >= 4 is 24.2 Å². The molecule has 0 spiro atoms. The molecule has 0 aliphatic carbocycles. The molecule has 1 saturated heterocycles. The third-order valence-electron chi connectivity index (χ3n) is 4.47. The van der Waals surface area contributed by atoms with Gasteiger partial charge in [-0.15, -0.1) is 12.4 Å². The largest absolute Gasteiger partial charge is 0.493 e. The minimum Gasteiger partial charge on any atom is -0.493 e. The van der Waals surface area contributed by atoms with Gasteiger partial charge in [0.25, 0.3) is 5.91 Å². The summed E-state index contributed by atoms with van der Waals surface area (Å²) in [6.45, 7) is 6.88. The zero-order valence-electron chi connectivity index (χ0n) is 15.5. The highest BCUT2D eigenvalue weighted by Crippen LogP contribution is 2.17. The minimum absolute atomic E-state index is 0. The van der Waals surface area contributed by atoms with E-state index in [1.807, 2.05) is 19.1 Å². The lowest BCUT2D eigenvalue weighted by Gasteiger charge is -2.30. The third kappa shape index (κ3) is 6.84. The highest BCUT2D eigenvalue weighted by molar-refractivity contribution is 5.96. The molecular formula is C19H30ClN3O3. The Bertz CT molecular complexity index is 583. The first kappa shape index (κ1) is 22.3. The van der Waals surface area contributed by atoms with E-state index in [1.54, 1.807) is 12.1 Å². The van der Waals surface area contributed by atoms with Crippen molar-refractivity contribution in [2.45, 2.75) is 39.2 Å². The maximum absolute atomic E-state index is 12.2. The van der Waals surface area contributed by atoms with E-state index in [9.17, 15) is 9.59 Å². The Morgan fingerprint density at radius 1 is 1.31 bits per heavy atom. The molecule has 2 unspecified atom stereocenters. The maximum atomic E-state index is 12.2. The Hall–Kier alpha value is -1.79. The molecule has 2 atom stereocenters. The summed E-state index contributed by atoms with van der Waals surface area (Å²) in [7, 11) is 0. The van der Waals surface area contributed by atoms with Crippen LogP contribution in [0.1, 0.15) is 43.5 Å². The topological polar surface area (TPSA) is 79.5 Å². The molecule has 7 heteroatoms. The van der Waals surface area contributed by atoms with E-state index < -0.39 is 0 Å². The van der Waals surface area contributed by atoms with E-state index in [-0.39, 0.29) is 30.3 Å². The highest BCUT2D eigenvalue weighted by atomic mass is 35.5. The predicted octanol–water partition coefficient (Wildman–Crippen LogP) is 2.13. The van der Waals surface area contributed by atoms with E-state index in [2.05, 4.69) is 22.9 Å². The number of carbonyl (C=O) groups is 2. The average molecular weight is 384 g/mol. The summed E-state index contributed by atoms with van der Waals surface area (Å²) in [5, 5.41) is 9.24. The van der Waals surface area contributed by atoms with Crippen LogP contribution < -0.4 is 20.7 Å². The number of hydrogen-bond acceptors (Lipinski definition) is 4. The molecular weight excluding hydrogens is 354 g/mol. The van der Waals surface area contributed by atoms with Crippen molar-refractivity contribution in [3.05, 3.63) is 29.8 Å². The van der Waals surface area contributed by atoms with Crippen molar-refractivity contribution in [3.63, 3.8) is 0 Å². The molecule has 0 aromatic heterocycles. The highest BCUT2D eigenvalue weighted by Gasteiger charge is 2.22. The van der Waals surface area contributed by atoms with Gasteiger partial charge >= 0.3 is 0 Å². The van der Waals surface area contributed by atoms with Gasteiger partial charge in [-0.25, -0.2) is 0 Å². The second-order valence-electron chi connectivity index (χ2n) is 6.43. The van der Waals surface area contributed by atoms with Crippen molar-refractivity contribution in [1.82, 2.24) is 16.0 Å². The van der Waals surface area contributed by atoms with Crippen molar-refractivity contribution in [2.75, 3.05) is 26.2 Å². The number of hydrogen-bond donors (Lipinski definition) is 3. The van der Waals surface area contributed by atoms with Crippen LogP contribution in [0.5, 0.6) is 5.75 Å². The van der Waals surface area contributed by atoms with Crippen LogP contribution in [-0.4, -0.2) is 44.1 Å². The fourth-order valence-corrected chi connectivity index (χ4v) is 2.94. The number of benzene rings is 1. The summed E-state index contributed by atoms with van der Waals surface area (Å²) in [5.41, 5.74) is 0.524. The van der Waals surface area contributed by atoms with Crippen LogP contribution in [0, 0.1) is 5.92 Å². The van der Waals surface area contributed by atoms with Crippen molar-refractivity contribution < 1.29 is 14.3 Å². The molecule has 0 radical (unpaired) electrons. The lowest BCUT2D eigenvalue weighted by Crippen LogP contribution is -2.50. The molecule has 1 aliphatic heterocycles. The number of para-hydroxylation sites is 1. The molecule has 2 rings (SSSR count). The number of ether oxygens (including phenoxy) is 1. The first-order chi connectivity index (χ1) is 12.1. The molecule has 1 fully saturated rings. The van der Waals surface area contributed by atoms with Crippen LogP contribution in [0.4, 0.5) is 0 Å². The van der Waals surface area contributed by atoms with Gasteiger partial charge in [0.15, 0.2) is 0 Å². The summed E-state index contributed by atoms with van der Waals surface area (Å²) in [6, 6.07) is 7.38. The fourth-order valence-electron chi connectivity index (χ4n) is 2.94. The quantitative estimate of drug-likeness (QED) is 0.601. The van der Waals surface area contributed by atoms with Gasteiger partial charge in [0, 0.05) is 25.6 Å². The average Bonchev–Trinajstić information content (AvgIpc) is 2.61. The van der Waals surface area contributed by atoms with Gasteiger partial charge in [-0.05, 0) is 44.4 Å². The summed E-state index contributed by atoms with van der Waals surface area (Å²) in [6.07, 6.45) is 2.11. The number of piperidine rings is 1. The number of amides is 2. The molecule has 1 aliphatic rings. The van der Waals surface area contributed by atoms with Crippen LogP contribution in [-0.2, 0) is 4.79 Å². The summed E-state index contributed by atoms with van der Waals surface area (Å²) in [5.74, 6) is 0.957. The minimum atomic E-state index is -0.172. The van der Waals surface area contributed by atoms with E-state index in [0.29, 0.717) is 43.2 Å². The second kappa shape index (κ2) is 11.8. The third-order valence-corrected chi connectivity index (χ3v) is 4.47. The molecule has 26 heavy (non-hydrogen) atoms. The Morgan fingerprint density at radius 2 is 2.08 bits per heavy atom. The maximum Gasteiger partial charge on any atom is 0.255 e. The zero-order valence-corrected chi connectivity index (χ0v) is 16.4. The van der Waals surface area contributed by atoms with E-state index in [1.165, 1.54) is 0 Å². The first-order valence-electron chi connectivity index (χ1n) is 9.12. The van der Waals surface area contributed by atoms with E-state index in [0.717, 1.165) is 19.5 Å². The van der Waals surface area contributed by atoms with Gasteiger partial charge < -0.3 is 20.7 Å². The zero-order chi connectivity index (χ0) is 18.1. The van der Waals surface area contributed by atoms with Crippen molar-refractivity contribution in [2.24, 2.45) is 5.92 Å². The van der Waals surface area contributed by atoms with Gasteiger partial charge in [0.2, 0.25) is 5.91 Å². The summed E-state index contributed by atoms with van der Waals surface area (Å²) < 4.78 is 5.47. The van der Waals surface area contributed by atoms with Crippen LogP contribution in [0.2, 0.25) is 0 Å². The smallest absolute Gasteiger partial charge is 0.255 e. The van der Waals surface area contributed by atoms with Gasteiger partial charge in [-0.2, -0.15) is 0 Å². The Morgan fingerprint density at radius 3 is 2.81 bits per heavy atom. The Balaban J connectivity index is 0.00000338. The number of rotatable bonds is 8. The molecule has 1 heterocycles. The molecule has 6 nitrogen and oxygen atoms in total. The summed E-state index contributed by atoms with van der Waals surface area (Å²) >= 11 is 0. The van der Waals surface area contributed by atoms with Crippen molar-refractivity contribution in [1.29, 1.82) is 0 Å². The van der Waals surface area contributed by atoms with Gasteiger partial charge in [-0.3, -0.25) is 9.59 Å².